The number of rotatable bonds is 9. The molecule has 1 saturated heterocycles. The predicted octanol–water partition coefficient (Wildman–Crippen LogP) is 6.77. The number of allylic oxidation sites excluding steroid dienone is 2. The minimum Gasteiger partial charge on any atom is -0.457 e. The molecule has 2 saturated carbocycles. The third kappa shape index (κ3) is 4.87. The van der Waals surface area contributed by atoms with Crippen LogP contribution in [0.4, 0.5) is 5.69 Å². The number of benzene rings is 3. The molecule has 0 spiro atoms. The van der Waals surface area contributed by atoms with E-state index in [1.165, 1.54) is 10.5 Å². The number of likely N-dealkylation sites (tertiary alicyclic amines) is 1. The van der Waals surface area contributed by atoms with Crippen LogP contribution in [-0.4, -0.2) is 28.7 Å². The van der Waals surface area contributed by atoms with E-state index >= 15 is 0 Å². The molecule has 0 unspecified atom stereocenters. The molecule has 0 radical (unpaired) electrons. The number of nitrogens with one attached hydrogen (secondary N) is 1. The van der Waals surface area contributed by atoms with Gasteiger partial charge in [0.2, 0.25) is 17.7 Å². The highest BCUT2D eigenvalue weighted by Crippen LogP contribution is 2.65. The Bertz CT molecular complexity index is 1540. The molecule has 6 heteroatoms. The largest absolute Gasteiger partial charge is 0.457 e. The van der Waals surface area contributed by atoms with Crippen LogP contribution in [0.25, 0.3) is 0 Å². The SMILES string of the molecule is CCC(C)(C)c1ccc(Oc2ccc(NC(=O)[C@@H](Cc3ccccc3)N3C(=O)[C@H]4[C@@H]5C=C[C@H]([C@@H]6C[C@H]56)[C@@H]4C3=O)cc2)cc1. The fourth-order valence-electron chi connectivity index (χ4n) is 7.57. The summed E-state index contributed by atoms with van der Waals surface area (Å²) in [5.74, 6) is 1.23. The van der Waals surface area contributed by atoms with E-state index in [0.29, 0.717) is 23.3 Å². The van der Waals surface area contributed by atoms with Gasteiger partial charge in [-0.3, -0.25) is 19.3 Å². The molecular weight excluding hydrogens is 536 g/mol. The monoisotopic (exact) mass is 574 g/mol. The highest BCUT2D eigenvalue weighted by Gasteiger charge is 2.67. The molecule has 1 N–H and O–H groups in total. The van der Waals surface area contributed by atoms with Gasteiger partial charge in [-0.25, -0.2) is 0 Å². The third-order valence-electron chi connectivity index (χ3n) is 10.5. The van der Waals surface area contributed by atoms with Crippen molar-refractivity contribution in [3.05, 3.63) is 102 Å². The first kappa shape index (κ1) is 27.6. The van der Waals surface area contributed by atoms with Gasteiger partial charge in [0.05, 0.1) is 11.8 Å². The maximum absolute atomic E-state index is 13.9. The van der Waals surface area contributed by atoms with E-state index < -0.39 is 6.04 Å². The average Bonchev–Trinajstić information content (AvgIpc) is 3.81. The number of imide groups is 1. The molecular formula is C37H38N2O4. The predicted molar refractivity (Wildman–Crippen MR) is 165 cm³/mol. The van der Waals surface area contributed by atoms with Gasteiger partial charge in [-0.2, -0.15) is 0 Å². The van der Waals surface area contributed by atoms with Crippen LogP contribution < -0.4 is 10.1 Å². The summed E-state index contributed by atoms with van der Waals surface area (Å²) in [5, 5.41) is 2.98. The number of nitrogens with zero attached hydrogens (tertiary/aromatic N) is 1. The zero-order chi connectivity index (χ0) is 29.9. The number of anilines is 1. The van der Waals surface area contributed by atoms with Crippen molar-refractivity contribution in [1.29, 1.82) is 0 Å². The van der Waals surface area contributed by atoms with E-state index in [4.69, 9.17) is 4.74 Å². The van der Waals surface area contributed by atoms with Gasteiger partial charge in [-0.1, -0.05) is 75.4 Å². The highest BCUT2D eigenvalue weighted by molar-refractivity contribution is 6.10. The Morgan fingerprint density at radius 3 is 1.98 bits per heavy atom. The van der Waals surface area contributed by atoms with Crippen molar-refractivity contribution in [1.82, 2.24) is 4.90 Å². The van der Waals surface area contributed by atoms with Crippen molar-refractivity contribution >= 4 is 23.4 Å². The van der Waals surface area contributed by atoms with Crippen LogP contribution in [0.3, 0.4) is 0 Å². The first-order chi connectivity index (χ1) is 20.7. The second-order valence-corrected chi connectivity index (χ2v) is 13.3. The maximum atomic E-state index is 13.9. The molecule has 43 heavy (non-hydrogen) atoms. The van der Waals surface area contributed by atoms with Gasteiger partial charge in [0.25, 0.3) is 0 Å². The molecule has 2 bridgehead atoms. The van der Waals surface area contributed by atoms with Gasteiger partial charge in [0.15, 0.2) is 0 Å². The summed E-state index contributed by atoms with van der Waals surface area (Å²) in [5.41, 5.74) is 2.85. The molecule has 7 atom stereocenters. The van der Waals surface area contributed by atoms with E-state index in [-0.39, 0.29) is 53.2 Å². The van der Waals surface area contributed by atoms with Gasteiger partial charge in [-0.05, 0) is 89.5 Å². The third-order valence-corrected chi connectivity index (χ3v) is 10.5. The summed E-state index contributed by atoms with van der Waals surface area (Å²) < 4.78 is 6.05. The number of hydrogen-bond acceptors (Lipinski definition) is 4. The molecule has 3 aromatic rings. The van der Waals surface area contributed by atoms with Crippen LogP contribution in [-0.2, 0) is 26.2 Å². The van der Waals surface area contributed by atoms with Crippen molar-refractivity contribution in [3.63, 3.8) is 0 Å². The topological polar surface area (TPSA) is 75.7 Å². The summed E-state index contributed by atoms with van der Waals surface area (Å²) in [4.78, 5) is 42.9. The van der Waals surface area contributed by atoms with Gasteiger partial charge in [0, 0.05) is 12.1 Å². The number of hydrogen-bond donors (Lipinski definition) is 1. The number of amides is 3. The molecule has 3 amide bonds. The first-order valence-corrected chi connectivity index (χ1v) is 15.5. The lowest BCUT2D eigenvalue weighted by atomic mass is 9.63. The van der Waals surface area contributed by atoms with Gasteiger partial charge in [-0.15, -0.1) is 0 Å². The molecule has 8 rings (SSSR count). The number of carbonyl (C=O) groups excluding carboxylic acids is 3. The van der Waals surface area contributed by atoms with E-state index in [2.05, 4.69) is 50.4 Å². The minimum atomic E-state index is -0.925. The zero-order valence-electron chi connectivity index (χ0n) is 24.9. The molecule has 6 nitrogen and oxygen atoms in total. The number of carbonyl (C=O) groups is 3. The van der Waals surface area contributed by atoms with Crippen LogP contribution >= 0.6 is 0 Å². The van der Waals surface area contributed by atoms with Crippen molar-refractivity contribution in [2.45, 2.75) is 51.5 Å². The molecule has 1 aliphatic heterocycles. The second kappa shape index (κ2) is 10.5. The van der Waals surface area contributed by atoms with Crippen molar-refractivity contribution in [3.8, 4) is 11.5 Å². The summed E-state index contributed by atoms with van der Waals surface area (Å²) in [6.45, 7) is 6.64. The fraction of sp³-hybridized carbons (Fsp3) is 0.378. The Hall–Kier alpha value is -4.19. The molecule has 0 aromatic heterocycles. The van der Waals surface area contributed by atoms with Gasteiger partial charge in [0.1, 0.15) is 17.5 Å². The first-order valence-electron chi connectivity index (χ1n) is 15.5. The highest BCUT2D eigenvalue weighted by atomic mass is 16.5. The summed E-state index contributed by atoms with van der Waals surface area (Å²) in [7, 11) is 0. The van der Waals surface area contributed by atoms with Crippen LogP contribution in [0.2, 0.25) is 0 Å². The van der Waals surface area contributed by atoms with Crippen LogP contribution in [0.5, 0.6) is 11.5 Å². The Morgan fingerprint density at radius 1 is 0.860 bits per heavy atom. The fourth-order valence-corrected chi connectivity index (χ4v) is 7.57. The standard InChI is InChI=1S/C37H38N2O4/c1-4-37(2,3)23-10-14-25(15-11-23)43-26-16-12-24(13-17-26)38-34(40)31(20-22-8-6-5-7-9-22)39-35(41)32-27-18-19-28(30-21-29(27)30)33(32)36(39)42/h5-19,27-33H,4,20-21H2,1-3H3,(H,38,40)/t27-,28-,29-,30+,31-,32+,33+/m1/s1. The lowest BCUT2D eigenvalue weighted by Gasteiger charge is -2.37. The Balaban J connectivity index is 1.08. The molecule has 3 fully saturated rings. The summed E-state index contributed by atoms with van der Waals surface area (Å²) in [6.07, 6.45) is 6.74. The number of ether oxygens (including phenoxy) is 1. The molecule has 220 valence electrons. The van der Waals surface area contributed by atoms with Crippen LogP contribution in [0.1, 0.15) is 44.7 Å². The lowest BCUT2D eigenvalue weighted by Crippen LogP contribution is -2.49. The lowest BCUT2D eigenvalue weighted by molar-refractivity contribution is -0.146. The van der Waals surface area contributed by atoms with Crippen molar-refractivity contribution in [2.75, 3.05) is 5.32 Å². The zero-order valence-corrected chi connectivity index (χ0v) is 24.9. The summed E-state index contributed by atoms with van der Waals surface area (Å²) in [6, 6.07) is 24.0. The van der Waals surface area contributed by atoms with Crippen molar-refractivity contribution in [2.24, 2.45) is 35.5 Å². The van der Waals surface area contributed by atoms with Gasteiger partial charge < -0.3 is 10.1 Å². The Morgan fingerprint density at radius 2 is 1.42 bits per heavy atom. The van der Waals surface area contributed by atoms with E-state index in [1.807, 2.05) is 54.6 Å². The quantitative estimate of drug-likeness (QED) is 0.226. The van der Waals surface area contributed by atoms with Crippen LogP contribution in [0, 0.1) is 35.5 Å². The Kier molecular flexibility index (Phi) is 6.76. The normalized spacial score (nSPS) is 27.5. The molecule has 5 aliphatic rings. The molecule has 4 aliphatic carbocycles. The van der Waals surface area contributed by atoms with Gasteiger partial charge >= 0.3 is 0 Å². The molecule has 3 aromatic carbocycles. The maximum Gasteiger partial charge on any atom is 0.248 e. The van der Waals surface area contributed by atoms with E-state index in [1.54, 1.807) is 12.1 Å². The summed E-state index contributed by atoms with van der Waals surface area (Å²) >= 11 is 0. The Labute approximate surface area is 253 Å². The average molecular weight is 575 g/mol. The van der Waals surface area contributed by atoms with Crippen molar-refractivity contribution < 1.29 is 19.1 Å². The second-order valence-electron chi connectivity index (χ2n) is 13.3. The van der Waals surface area contributed by atoms with E-state index in [9.17, 15) is 14.4 Å². The van der Waals surface area contributed by atoms with E-state index in [0.717, 1.165) is 24.2 Å². The van der Waals surface area contributed by atoms with Crippen LogP contribution in [0.15, 0.2) is 91.0 Å². The smallest absolute Gasteiger partial charge is 0.248 e. The minimum absolute atomic E-state index is 0.107. The molecule has 1 heterocycles.